The number of alkyl halides is 6. The highest BCUT2D eigenvalue weighted by Gasteiger charge is 2.59. The first-order chi connectivity index (χ1) is 33.6. The maximum atomic E-state index is 13.9. The number of allylic oxidation sites excluding steroid dienone is 12. The highest BCUT2D eigenvalue weighted by molar-refractivity contribution is 5.88. The van der Waals surface area contributed by atoms with Crippen LogP contribution in [0.25, 0.3) is 11.6 Å². The smallest absolute Gasteiger partial charge is 0.359 e. The monoisotopic (exact) mass is 971 g/mol. The normalized spacial score (nSPS) is 38.3. The number of nitrogens with zero attached hydrogens (tertiary/aromatic N) is 2. The fraction of sp³-hybridized carbons (Fsp3) is 0.556. The average molecular weight is 971 g/mol. The van der Waals surface area contributed by atoms with Gasteiger partial charge in [0.2, 0.25) is 0 Å². The summed E-state index contributed by atoms with van der Waals surface area (Å²) in [7, 11) is 0. The molecule has 0 spiro atoms. The minimum absolute atomic E-state index is 0.00211. The van der Waals surface area contributed by atoms with Gasteiger partial charge in [-0.2, -0.15) is 26.3 Å². The topological polar surface area (TPSA) is 6.48 Å². The van der Waals surface area contributed by atoms with Crippen molar-refractivity contribution in [1.82, 2.24) is 4.90 Å². The SMILES string of the molecule is CC1C2CC=C3c4c(ccc(c42)C(C2(C)C=C4CC5(C)CCCCC5(C)N(C5C=CC(C(F)(F)F)=CC5)C4=CC2)C1C)C=CC3c1ccc2c(c1)CC1(C)CCCCC1(C)N2C1=CC=C(C(F)(F)F)CC1. The summed E-state index contributed by atoms with van der Waals surface area (Å²) in [4.78, 5) is 5.06. The fourth-order valence-electron chi connectivity index (χ4n) is 17.2. The second-order valence-electron chi connectivity index (χ2n) is 25.2. The zero-order chi connectivity index (χ0) is 49.8. The predicted molar refractivity (Wildman–Crippen MR) is 276 cm³/mol. The molecule has 2 aromatic rings. The van der Waals surface area contributed by atoms with Gasteiger partial charge in [-0.3, -0.25) is 0 Å². The molecule has 2 aromatic carbocycles. The van der Waals surface area contributed by atoms with Gasteiger partial charge in [-0.25, -0.2) is 0 Å². The molecule has 0 amide bonds. The van der Waals surface area contributed by atoms with Gasteiger partial charge >= 0.3 is 12.4 Å². The quantitative estimate of drug-likeness (QED) is 0.282. The third kappa shape index (κ3) is 6.99. The van der Waals surface area contributed by atoms with Gasteiger partial charge in [0.1, 0.15) is 0 Å². The van der Waals surface area contributed by atoms with E-state index in [1.54, 1.807) is 11.6 Å². The molecule has 0 N–H and O–H groups in total. The summed E-state index contributed by atoms with van der Waals surface area (Å²) in [6.45, 7) is 17.2. The van der Waals surface area contributed by atoms with Crippen molar-refractivity contribution in [2.75, 3.05) is 4.90 Å². The van der Waals surface area contributed by atoms with E-state index in [-0.39, 0.29) is 51.6 Å². The molecule has 2 aliphatic heterocycles. The van der Waals surface area contributed by atoms with Crippen LogP contribution in [0.5, 0.6) is 0 Å². The maximum absolute atomic E-state index is 13.9. The Balaban J connectivity index is 0.903. The van der Waals surface area contributed by atoms with Gasteiger partial charge in [0.15, 0.2) is 0 Å². The lowest BCUT2D eigenvalue weighted by atomic mass is 9.51. The minimum atomic E-state index is -4.34. The lowest BCUT2D eigenvalue weighted by Crippen LogP contribution is -2.64. The molecule has 376 valence electrons. The Morgan fingerprint density at radius 3 is 2.11 bits per heavy atom. The van der Waals surface area contributed by atoms with E-state index >= 15 is 0 Å². The molecule has 0 aromatic heterocycles. The molecule has 10 aliphatic rings. The van der Waals surface area contributed by atoms with Crippen molar-refractivity contribution < 1.29 is 26.3 Å². The van der Waals surface area contributed by atoms with Gasteiger partial charge in [0, 0.05) is 39.7 Å². The van der Waals surface area contributed by atoms with Crippen molar-refractivity contribution in [3.05, 3.63) is 147 Å². The van der Waals surface area contributed by atoms with Crippen molar-refractivity contribution in [3.8, 4) is 0 Å². The molecule has 11 unspecified atom stereocenters. The number of likely N-dealkylation sites (tertiary alicyclic amines) is 1. The molecule has 1 saturated heterocycles. The summed E-state index contributed by atoms with van der Waals surface area (Å²) in [5, 5.41) is 0. The fourth-order valence-corrected chi connectivity index (χ4v) is 17.2. The highest BCUT2D eigenvalue weighted by Crippen LogP contribution is 2.65. The molecule has 2 saturated carbocycles. The average Bonchev–Trinajstić information content (AvgIpc) is 3.32. The lowest BCUT2D eigenvalue weighted by Gasteiger charge is -2.64. The summed E-state index contributed by atoms with van der Waals surface area (Å²) in [6, 6.07) is 11.8. The minimum Gasteiger partial charge on any atom is -0.359 e. The number of piperidine rings is 1. The molecule has 8 heteroatoms. The van der Waals surface area contributed by atoms with Crippen molar-refractivity contribution >= 4 is 17.3 Å². The van der Waals surface area contributed by atoms with Crippen molar-refractivity contribution in [2.45, 2.75) is 192 Å². The first-order valence-electron chi connectivity index (χ1n) is 27.2. The van der Waals surface area contributed by atoms with Crippen LogP contribution >= 0.6 is 0 Å². The van der Waals surface area contributed by atoms with Crippen molar-refractivity contribution in [3.63, 3.8) is 0 Å². The number of halogens is 6. The van der Waals surface area contributed by atoms with E-state index < -0.39 is 23.5 Å². The molecule has 3 fully saturated rings. The summed E-state index contributed by atoms with van der Waals surface area (Å²) < 4.78 is 83.2. The molecule has 12 rings (SSSR count). The standard InChI is InChI=1S/C63H72F6N2/c1-38-39(2)56(57(3)33-28-53-43(35-57)37-59(5)30-9-11-32-61(59,7)71(53)47-21-17-45(18-22-47)63(67,68)69)51-24-13-40-12-23-49(50-26-25-48(38)55(51)54(40)50)41-14-27-52-42(34-41)36-58(4)29-8-10-31-60(58,6)70(52)46-19-15-44(16-20-46)62(64,65)66/h12-15,17-19,21,23-24,26-28,34-35,38-39,47-49,56H,8-11,16,20,22,25,29-33,36-37H2,1-7H3. The van der Waals surface area contributed by atoms with E-state index in [1.807, 2.05) is 6.08 Å². The van der Waals surface area contributed by atoms with E-state index in [0.29, 0.717) is 30.6 Å². The van der Waals surface area contributed by atoms with E-state index in [2.05, 4.69) is 119 Å². The van der Waals surface area contributed by atoms with E-state index in [0.717, 1.165) is 75.6 Å². The second-order valence-corrected chi connectivity index (χ2v) is 25.2. The summed E-state index contributed by atoms with van der Waals surface area (Å²) >= 11 is 0. The van der Waals surface area contributed by atoms with Crippen LogP contribution in [-0.4, -0.2) is 34.4 Å². The number of fused-ring (bicyclic) bond motifs is 4. The zero-order valence-corrected chi connectivity index (χ0v) is 42.9. The van der Waals surface area contributed by atoms with Gasteiger partial charge in [-0.05, 0) is 181 Å². The third-order valence-corrected chi connectivity index (χ3v) is 21.5. The van der Waals surface area contributed by atoms with Gasteiger partial charge in [-0.15, -0.1) is 0 Å². The Labute approximate surface area is 418 Å². The second kappa shape index (κ2) is 16.0. The predicted octanol–water partition coefficient (Wildman–Crippen LogP) is 17.7. The molecule has 8 aliphatic carbocycles. The van der Waals surface area contributed by atoms with Gasteiger partial charge in [0.25, 0.3) is 0 Å². The van der Waals surface area contributed by atoms with Crippen LogP contribution in [0.2, 0.25) is 0 Å². The largest absolute Gasteiger partial charge is 0.416 e. The van der Waals surface area contributed by atoms with E-state index in [9.17, 15) is 26.3 Å². The first-order valence-corrected chi connectivity index (χ1v) is 27.2. The van der Waals surface area contributed by atoms with Crippen LogP contribution < -0.4 is 4.90 Å². The highest BCUT2D eigenvalue weighted by atomic mass is 19.4. The Morgan fingerprint density at radius 2 is 1.42 bits per heavy atom. The van der Waals surface area contributed by atoms with Crippen LogP contribution in [0.4, 0.5) is 32.0 Å². The molecule has 2 nitrogen and oxygen atoms in total. The molecule has 11 atom stereocenters. The molecule has 71 heavy (non-hydrogen) atoms. The Morgan fingerprint density at radius 1 is 0.690 bits per heavy atom. The Kier molecular flexibility index (Phi) is 10.7. The molecule has 2 heterocycles. The van der Waals surface area contributed by atoms with Crippen molar-refractivity contribution in [1.29, 1.82) is 0 Å². The van der Waals surface area contributed by atoms with Crippen LogP contribution in [0, 0.1) is 28.1 Å². The summed E-state index contributed by atoms with van der Waals surface area (Å²) in [5.41, 5.74) is 13.0. The van der Waals surface area contributed by atoms with Crippen LogP contribution in [0.15, 0.2) is 113 Å². The van der Waals surface area contributed by atoms with E-state index in [4.69, 9.17) is 0 Å². The Bertz CT molecular complexity index is 2850. The Hall–Kier alpha value is -4.46. The number of benzene rings is 2. The maximum Gasteiger partial charge on any atom is 0.416 e. The molecule has 0 bridgehead atoms. The molecular weight excluding hydrogens is 899 g/mol. The van der Waals surface area contributed by atoms with Gasteiger partial charge < -0.3 is 9.80 Å². The van der Waals surface area contributed by atoms with Crippen LogP contribution in [0.1, 0.15) is 189 Å². The zero-order valence-electron chi connectivity index (χ0n) is 42.9. The van der Waals surface area contributed by atoms with Crippen molar-refractivity contribution in [2.24, 2.45) is 28.1 Å². The molecular formula is C63H72F6N2. The number of hydrogen-bond donors (Lipinski definition) is 0. The van der Waals surface area contributed by atoms with Crippen LogP contribution in [0.3, 0.4) is 0 Å². The van der Waals surface area contributed by atoms with Gasteiger partial charge in [-0.1, -0.05) is 139 Å². The number of anilines is 1. The number of hydrogen-bond acceptors (Lipinski definition) is 2. The number of rotatable bonds is 4. The summed E-state index contributed by atoms with van der Waals surface area (Å²) in [5.74, 6) is 1.69. The van der Waals surface area contributed by atoms with Crippen LogP contribution in [-0.2, 0) is 6.42 Å². The first kappa shape index (κ1) is 47.5. The lowest BCUT2D eigenvalue weighted by molar-refractivity contribution is -0.0943. The summed E-state index contributed by atoms with van der Waals surface area (Å²) in [6.07, 6.45) is 25.0. The van der Waals surface area contributed by atoms with Gasteiger partial charge in [0.05, 0.1) is 11.6 Å². The third-order valence-electron chi connectivity index (χ3n) is 21.5. The van der Waals surface area contributed by atoms with E-state index in [1.165, 1.54) is 75.7 Å². The molecule has 0 radical (unpaired) electrons.